The molecule has 0 saturated carbocycles. The summed E-state index contributed by atoms with van der Waals surface area (Å²) in [5.41, 5.74) is 5.71. The summed E-state index contributed by atoms with van der Waals surface area (Å²) in [5.74, 6) is 7.70. The number of H-pyrrole nitrogens is 1. The molecule has 2 heteroatoms. The summed E-state index contributed by atoms with van der Waals surface area (Å²) in [6.07, 6.45) is 0. The van der Waals surface area contributed by atoms with Gasteiger partial charge in [-0.2, -0.15) is 0 Å². The number of hydrogen-bond acceptors (Lipinski definition) is 1. The molecule has 0 aliphatic rings. The minimum absolute atomic E-state index is 0.0211. The topological polar surface area (TPSA) is 25.0 Å². The van der Waals surface area contributed by atoms with E-state index in [-0.39, 0.29) is 5.92 Å². The van der Waals surface area contributed by atoms with Gasteiger partial charge in [0.1, 0.15) is 5.75 Å². The number of fused-ring (bicyclic) bond motifs is 1. The average Bonchev–Trinajstić information content (AvgIpc) is 3.05. The second-order valence-corrected chi connectivity index (χ2v) is 6.55. The quantitative estimate of drug-likeness (QED) is 0.473. The van der Waals surface area contributed by atoms with Crippen LogP contribution in [0.1, 0.15) is 28.3 Å². The normalized spacial score (nSPS) is 11.6. The Morgan fingerprint density at radius 2 is 1.56 bits per heavy atom. The first-order chi connectivity index (χ1) is 13.3. The molecule has 132 valence electrons. The lowest BCUT2D eigenvalue weighted by molar-refractivity contribution is 0.414. The Bertz CT molecular complexity index is 1110. The van der Waals surface area contributed by atoms with Crippen molar-refractivity contribution in [3.63, 3.8) is 0 Å². The molecule has 1 unspecified atom stereocenters. The number of rotatable bonds is 3. The molecule has 1 heterocycles. The van der Waals surface area contributed by atoms with Gasteiger partial charge in [-0.05, 0) is 48.4 Å². The summed E-state index contributed by atoms with van der Waals surface area (Å²) in [4.78, 5) is 3.51. The van der Waals surface area contributed by atoms with Crippen molar-refractivity contribution in [1.82, 2.24) is 4.98 Å². The van der Waals surface area contributed by atoms with Gasteiger partial charge in [0.15, 0.2) is 0 Å². The zero-order chi connectivity index (χ0) is 18.6. The molecule has 0 aliphatic carbocycles. The van der Waals surface area contributed by atoms with Crippen LogP contribution in [0.4, 0.5) is 0 Å². The van der Waals surface area contributed by atoms with Crippen LogP contribution in [0.25, 0.3) is 10.9 Å². The number of methoxy groups -OCH3 is 1. The number of hydrogen-bond donors (Lipinski definition) is 1. The van der Waals surface area contributed by atoms with Gasteiger partial charge in [0.25, 0.3) is 0 Å². The fourth-order valence-corrected chi connectivity index (χ4v) is 3.47. The number of aromatic nitrogens is 1. The number of aryl methyl sites for hydroxylation is 1. The molecule has 0 saturated heterocycles. The summed E-state index contributed by atoms with van der Waals surface area (Å²) >= 11 is 0. The van der Waals surface area contributed by atoms with Crippen LogP contribution in [-0.2, 0) is 0 Å². The van der Waals surface area contributed by atoms with Crippen molar-refractivity contribution in [2.45, 2.75) is 12.8 Å². The molecular formula is C25H21NO. The second kappa shape index (κ2) is 7.43. The van der Waals surface area contributed by atoms with Crippen molar-refractivity contribution in [2.24, 2.45) is 0 Å². The summed E-state index contributed by atoms with van der Waals surface area (Å²) in [7, 11) is 1.69. The maximum atomic E-state index is 5.32. The van der Waals surface area contributed by atoms with Crippen LogP contribution in [-0.4, -0.2) is 12.1 Å². The van der Waals surface area contributed by atoms with E-state index < -0.39 is 0 Å². The average molecular weight is 351 g/mol. The highest BCUT2D eigenvalue weighted by atomic mass is 16.5. The molecule has 1 atom stereocenters. The van der Waals surface area contributed by atoms with Gasteiger partial charge in [0, 0.05) is 22.2 Å². The molecule has 27 heavy (non-hydrogen) atoms. The smallest absolute Gasteiger partial charge is 0.118 e. The van der Waals surface area contributed by atoms with Crippen molar-refractivity contribution in [3.8, 4) is 17.6 Å². The maximum Gasteiger partial charge on any atom is 0.118 e. The van der Waals surface area contributed by atoms with Gasteiger partial charge in [-0.15, -0.1) is 0 Å². The molecule has 0 bridgehead atoms. The third-order valence-corrected chi connectivity index (χ3v) is 4.82. The van der Waals surface area contributed by atoms with E-state index in [0.29, 0.717) is 0 Å². The van der Waals surface area contributed by atoms with E-state index >= 15 is 0 Å². The van der Waals surface area contributed by atoms with E-state index in [4.69, 9.17) is 4.74 Å². The molecule has 4 aromatic rings. The molecular weight excluding hydrogens is 330 g/mol. The Hall–Kier alpha value is -3.44. The molecule has 1 N–H and O–H groups in total. The Kier molecular flexibility index (Phi) is 4.68. The van der Waals surface area contributed by atoms with Crippen molar-refractivity contribution >= 4 is 10.9 Å². The van der Waals surface area contributed by atoms with Gasteiger partial charge in [-0.3, -0.25) is 0 Å². The van der Waals surface area contributed by atoms with Crippen molar-refractivity contribution in [1.29, 1.82) is 0 Å². The van der Waals surface area contributed by atoms with E-state index in [0.717, 1.165) is 28.1 Å². The SMILES string of the molecule is COc1ccc(C(C#Cc2ccccc2)c2c(C)[nH]c3ccccc23)cc1. The third kappa shape index (κ3) is 3.45. The van der Waals surface area contributed by atoms with E-state index in [1.54, 1.807) is 7.11 Å². The number of nitrogens with one attached hydrogen (secondary N) is 1. The van der Waals surface area contributed by atoms with E-state index in [9.17, 15) is 0 Å². The Morgan fingerprint density at radius 1 is 0.852 bits per heavy atom. The molecule has 3 aromatic carbocycles. The first kappa shape index (κ1) is 17.0. The molecule has 4 rings (SSSR count). The molecule has 2 nitrogen and oxygen atoms in total. The fraction of sp³-hybridized carbons (Fsp3) is 0.120. The predicted octanol–water partition coefficient (Wildman–Crippen LogP) is 5.67. The summed E-state index contributed by atoms with van der Waals surface area (Å²) in [6.45, 7) is 2.12. The van der Waals surface area contributed by atoms with E-state index in [2.05, 4.69) is 60.1 Å². The van der Waals surface area contributed by atoms with Gasteiger partial charge in [-0.1, -0.05) is 60.4 Å². The van der Waals surface area contributed by atoms with Crippen LogP contribution in [0, 0.1) is 18.8 Å². The highest BCUT2D eigenvalue weighted by molar-refractivity contribution is 5.86. The van der Waals surface area contributed by atoms with Crippen LogP contribution in [0.5, 0.6) is 5.75 Å². The minimum atomic E-state index is -0.0211. The maximum absolute atomic E-state index is 5.32. The first-order valence-electron chi connectivity index (χ1n) is 9.04. The van der Waals surface area contributed by atoms with Gasteiger partial charge in [0.2, 0.25) is 0 Å². The minimum Gasteiger partial charge on any atom is -0.497 e. The van der Waals surface area contributed by atoms with Crippen LogP contribution < -0.4 is 4.74 Å². The lowest BCUT2D eigenvalue weighted by atomic mass is 9.89. The van der Waals surface area contributed by atoms with E-state index in [1.165, 1.54) is 10.9 Å². The third-order valence-electron chi connectivity index (χ3n) is 4.82. The summed E-state index contributed by atoms with van der Waals surface area (Å²) in [6, 6.07) is 26.7. The molecule has 0 spiro atoms. The highest BCUT2D eigenvalue weighted by Crippen LogP contribution is 2.34. The number of benzene rings is 3. The Labute approximate surface area is 159 Å². The molecule has 0 fully saturated rings. The van der Waals surface area contributed by atoms with Crippen LogP contribution in [0.2, 0.25) is 0 Å². The van der Waals surface area contributed by atoms with Gasteiger partial charge in [0.05, 0.1) is 13.0 Å². The van der Waals surface area contributed by atoms with Crippen LogP contribution >= 0.6 is 0 Å². The van der Waals surface area contributed by atoms with Crippen LogP contribution in [0.15, 0.2) is 78.9 Å². The molecule has 0 aliphatic heterocycles. The number of para-hydroxylation sites is 1. The van der Waals surface area contributed by atoms with Crippen LogP contribution in [0.3, 0.4) is 0 Å². The number of aromatic amines is 1. The monoisotopic (exact) mass is 351 g/mol. The summed E-state index contributed by atoms with van der Waals surface area (Å²) in [5, 5.41) is 1.22. The molecule has 1 aromatic heterocycles. The first-order valence-corrected chi connectivity index (χ1v) is 9.04. The van der Waals surface area contributed by atoms with Crippen molar-refractivity contribution < 1.29 is 4.74 Å². The predicted molar refractivity (Wildman–Crippen MR) is 111 cm³/mol. The van der Waals surface area contributed by atoms with Gasteiger partial charge >= 0.3 is 0 Å². The second-order valence-electron chi connectivity index (χ2n) is 6.55. The zero-order valence-electron chi connectivity index (χ0n) is 15.5. The lowest BCUT2D eigenvalue weighted by Gasteiger charge is -2.13. The molecule has 0 radical (unpaired) electrons. The van der Waals surface area contributed by atoms with E-state index in [1.807, 2.05) is 42.5 Å². The van der Waals surface area contributed by atoms with Crippen molar-refractivity contribution in [3.05, 3.63) is 101 Å². The summed E-state index contributed by atoms with van der Waals surface area (Å²) < 4.78 is 5.32. The standard InChI is InChI=1S/C25H21NO/c1-18-25(23-10-6-7-11-24(23)26-18)22(17-12-19-8-4-3-5-9-19)20-13-15-21(27-2)16-14-20/h3-11,13-16,22,26H,1-2H3. The van der Waals surface area contributed by atoms with Gasteiger partial charge in [-0.25, -0.2) is 0 Å². The Morgan fingerprint density at radius 3 is 2.30 bits per heavy atom. The fourth-order valence-electron chi connectivity index (χ4n) is 3.47. The highest BCUT2D eigenvalue weighted by Gasteiger charge is 2.19. The largest absolute Gasteiger partial charge is 0.497 e. The van der Waals surface area contributed by atoms with Gasteiger partial charge < -0.3 is 9.72 Å². The zero-order valence-corrected chi connectivity index (χ0v) is 15.5. The molecule has 0 amide bonds. The lowest BCUT2D eigenvalue weighted by Crippen LogP contribution is -2.00. The Balaban J connectivity index is 1.87. The number of ether oxygens (including phenoxy) is 1. The van der Waals surface area contributed by atoms with Crippen molar-refractivity contribution in [2.75, 3.05) is 7.11 Å².